The molecular formula is C37H30N4O2Pt. The molecule has 0 saturated heterocycles. The quantitative estimate of drug-likeness (QED) is 0.152. The Balaban J connectivity index is 0.00000343. The summed E-state index contributed by atoms with van der Waals surface area (Å²) in [5.41, 5.74) is 7.48. The van der Waals surface area contributed by atoms with Crippen LogP contribution in [0.4, 0.5) is 0 Å². The Labute approximate surface area is 271 Å². The second-order valence-corrected chi connectivity index (χ2v) is 11.2. The van der Waals surface area contributed by atoms with Gasteiger partial charge in [0.25, 0.3) is 0 Å². The van der Waals surface area contributed by atoms with Gasteiger partial charge in [-0.05, 0) is 40.8 Å². The van der Waals surface area contributed by atoms with Crippen LogP contribution in [0, 0.1) is 12.1 Å². The van der Waals surface area contributed by atoms with E-state index in [1.165, 1.54) is 11.1 Å². The van der Waals surface area contributed by atoms with Crippen LogP contribution in [0.25, 0.3) is 50.3 Å². The van der Waals surface area contributed by atoms with Crippen molar-refractivity contribution in [2.75, 3.05) is 0 Å². The van der Waals surface area contributed by atoms with E-state index in [0.717, 1.165) is 38.8 Å². The third-order valence-electron chi connectivity index (χ3n) is 7.67. The molecule has 0 fully saturated rings. The molecule has 0 radical (unpaired) electrons. The van der Waals surface area contributed by atoms with Crippen LogP contribution in [-0.4, -0.2) is 19.7 Å². The first-order valence-corrected chi connectivity index (χ1v) is 14.5. The summed E-state index contributed by atoms with van der Waals surface area (Å²) in [4.78, 5) is 4.81. The summed E-state index contributed by atoms with van der Waals surface area (Å²) >= 11 is 0. The van der Waals surface area contributed by atoms with Crippen molar-refractivity contribution in [1.82, 2.24) is 19.7 Å². The number of para-hydroxylation sites is 2. The van der Waals surface area contributed by atoms with Crippen LogP contribution >= 0.6 is 0 Å². The number of pyridine rings is 1. The van der Waals surface area contributed by atoms with Crippen LogP contribution in [0.5, 0.6) is 11.6 Å². The van der Waals surface area contributed by atoms with E-state index in [4.69, 9.17) is 14.1 Å². The fourth-order valence-electron chi connectivity index (χ4n) is 5.61. The van der Waals surface area contributed by atoms with Crippen molar-refractivity contribution in [3.05, 3.63) is 121 Å². The normalized spacial score (nSPS) is 11.4. The molecule has 7 rings (SSSR count). The summed E-state index contributed by atoms with van der Waals surface area (Å²) in [5, 5.41) is 10.9. The molecule has 0 aliphatic carbocycles. The maximum atomic E-state index is 6.25. The summed E-state index contributed by atoms with van der Waals surface area (Å²) in [6, 6.07) is 36.6. The molecule has 0 spiro atoms. The molecule has 0 amide bonds. The van der Waals surface area contributed by atoms with E-state index in [0.29, 0.717) is 35.0 Å². The van der Waals surface area contributed by atoms with Gasteiger partial charge in [-0.3, -0.25) is 4.98 Å². The van der Waals surface area contributed by atoms with Gasteiger partial charge in [-0.2, -0.15) is 5.10 Å². The molecule has 0 aliphatic heterocycles. The van der Waals surface area contributed by atoms with E-state index in [1.807, 2.05) is 66.7 Å². The van der Waals surface area contributed by atoms with Crippen LogP contribution in [0.1, 0.15) is 50.7 Å². The molecule has 4 aromatic carbocycles. The summed E-state index contributed by atoms with van der Waals surface area (Å²) in [5.74, 6) is 2.35. The van der Waals surface area contributed by atoms with Crippen LogP contribution in [0.15, 0.2) is 102 Å². The van der Waals surface area contributed by atoms with Gasteiger partial charge in [0.2, 0.25) is 5.88 Å². The van der Waals surface area contributed by atoms with Gasteiger partial charge in [0.15, 0.2) is 0 Å². The van der Waals surface area contributed by atoms with Crippen molar-refractivity contribution in [3.8, 4) is 40.0 Å². The number of furan rings is 1. The molecule has 0 atom stereocenters. The van der Waals surface area contributed by atoms with Crippen molar-refractivity contribution in [1.29, 1.82) is 0 Å². The molecular weight excluding hydrogens is 728 g/mol. The molecule has 0 aliphatic rings. The van der Waals surface area contributed by atoms with E-state index in [-0.39, 0.29) is 21.1 Å². The van der Waals surface area contributed by atoms with E-state index in [9.17, 15) is 0 Å². The predicted molar refractivity (Wildman–Crippen MR) is 170 cm³/mol. The van der Waals surface area contributed by atoms with E-state index in [2.05, 4.69) is 78.9 Å². The van der Waals surface area contributed by atoms with Crippen molar-refractivity contribution in [2.45, 2.75) is 39.5 Å². The van der Waals surface area contributed by atoms with Crippen molar-refractivity contribution >= 4 is 21.9 Å². The van der Waals surface area contributed by atoms with Crippen LogP contribution in [0.2, 0.25) is 0 Å². The largest absolute Gasteiger partial charge is 2.00 e. The molecule has 44 heavy (non-hydrogen) atoms. The molecule has 6 nitrogen and oxygen atoms in total. The third-order valence-corrected chi connectivity index (χ3v) is 7.67. The molecule has 0 N–H and O–H groups in total. The topological polar surface area (TPSA) is 66.0 Å². The first-order chi connectivity index (χ1) is 21.0. The van der Waals surface area contributed by atoms with Gasteiger partial charge in [0.1, 0.15) is 11.9 Å². The van der Waals surface area contributed by atoms with Crippen molar-refractivity contribution < 1.29 is 30.2 Å². The van der Waals surface area contributed by atoms with Crippen LogP contribution in [-0.2, 0) is 21.1 Å². The van der Waals surface area contributed by atoms with Crippen molar-refractivity contribution in [3.63, 3.8) is 0 Å². The number of aromatic nitrogens is 4. The number of rotatable bonds is 7. The zero-order chi connectivity index (χ0) is 29.5. The number of nitrogens with zero attached hydrogens (tertiary/aromatic N) is 4. The fraction of sp³-hybridized carbons (Fsp3) is 0.162. The van der Waals surface area contributed by atoms with E-state index in [1.54, 1.807) is 6.33 Å². The summed E-state index contributed by atoms with van der Waals surface area (Å²) in [6.07, 6.45) is 1.78. The Morgan fingerprint density at radius 1 is 0.795 bits per heavy atom. The van der Waals surface area contributed by atoms with Crippen LogP contribution in [0.3, 0.4) is 0 Å². The monoisotopic (exact) mass is 757 g/mol. The fourth-order valence-corrected chi connectivity index (χ4v) is 5.61. The Bertz CT molecular complexity index is 2070. The molecule has 7 aromatic rings. The number of ether oxygens (including phenoxy) is 1. The number of fused-ring (bicyclic) bond motifs is 3. The molecule has 0 unspecified atom stereocenters. The smallest absolute Gasteiger partial charge is 0.501 e. The Morgan fingerprint density at radius 3 is 2.34 bits per heavy atom. The van der Waals surface area contributed by atoms with Crippen molar-refractivity contribution in [2.24, 2.45) is 0 Å². The van der Waals surface area contributed by atoms with Gasteiger partial charge in [0, 0.05) is 16.8 Å². The number of hydrogen-bond acceptors (Lipinski definition) is 5. The summed E-state index contributed by atoms with van der Waals surface area (Å²) in [6.45, 7) is 8.84. The molecule has 7 heteroatoms. The Morgan fingerprint density at radius 2 is 1.55 bits per heavy atom. The van der Waals surface area contributed by atoms with Gasteiger partial charge in [-0.25, -0.2) is 0 Å². The second kappa shape index (κ2) is 12.2. The molecule has 0 bridgehead atoms. The molecule has 0 saturated carbocycles. The van der Waals surface area contributed by atoms with E-state index >= 15 is 0 Å². The summed E-state index contributed by atoms with van der Waals surface area (Å²) < 4.78 is 14.5. The first-order valence-electron chi connectivity index (χ1n) is 14.5. The minimum absolute atomic E-state index is 0. The Hall–Kier alpha value is -4.54. The molecule has 220 valence electrons. The third kappa shape index (κ3) is 5.35. The zero-order valence-corrected chi connectivity index (χ0v) is 27.1. The minimum Gasteiger partial charge on any atom is -0.501 e. The van der Waals surface area contributed by atoms with Gasteiger partial charge in [0.05, 0.1) is 11.4 Å². The first kappa shape index (κ1) is 29.5. The number of hydrogen-bond donors (Lipinski definition) is 0. The summed E-state index contributed by atoms with van der Waals surface area (Å²) in [7, 11) is 0. The van der Waals surface area contributed by atoms with Gasteiger partial charge >= 0.3 is 21.1 Å². The molecule has 3 aromatic heterocycles. The van der Waals surface area contributed by atoms with Gasteiger partial charge < -0.3 is 13.7 Å². The minimum atomic E-state index is 0. The van der Waals surface area contributed by atoms with E-state index < -0.39 is 0 Å². The number of benzene rings is 4. The average Bonchev–Trinajstić information content (AvgIpc) is 3.66. The SMILES string of the molecule is CC(C)c1cccc(C(C)C)c1-n1cnnc1-c1[c-]c(Oc2cccc(-c3[c-]ccc4c3oc3ccccc34)n2)ccc1.[Pt+2]. The van der Waals surface area contributed by atoms with Crippen LogP contribution < -0.4 is 4.74 Å². The van der Waals surface area contributed by atoms with Gasteiger partial charge in [-0.1, -0.05) is 93.2 Å². The molecule has 3 heterocycles. The maximum Gasteiger partial charge on any atom is 2.00 e. The average molecular weight is 758 g/mol. The predicted octanol–water partition coefficient (Wildman–Crippen LogP) is 9.53. The van der Waals surface area contributed by atoms with Gasteiger partial charge in [-0.15, -0.1) is 47.1 Å². The standard InChI is InChI=1S/C37H30N4O2.Pt/c1-23(2)27-14-8-15-28(24(3)4)35(27)41-22-38-40-37(41)25-11-7-12-26(21-25)42-34-20-10-18-32(39-34)31-17-9-16-30-29-13-5-6-19-33(29)43-36(30)31;/h5-16,18-20,22-24H,1-4H3;/q-2;+2. The zero-order valence-electron chi connectivity index (χ0n) is 24.8. The Kier molecular flexibility index (Phi) is 8.20. The second-order valence-electron chi connectivity index (χ2n) is 11.2. The maximum absolute atomic E-state index is 6.25.